The van der Waals surface area contributed by atoms with E-state index in [9.17, 15) is 0 Å². The van der Waals surface area contributed by atoms with E-state index in [1.54, 1.807) is 0 Å². The average Bonchev–Trinajstić information content (AvgIpc) is 3.72. The number of nitrogens with zero attached hydrogens (tertiary/aromatic N) is 3. The molecule has 3 nitrogen and oxygen atoms in total. The van der Waals surface area contributed by atoms with Gasteiger partial charge in [-0.1, -0.05) is 139 Å². The van der Waals surface area contributed by atoms with Crippen LogP contribution in [0.4, 0.5) is 0 Å². The normalized spacial score (nSPS) is 12.2. The van der Waals surface area contributed by atoms with E-state index in [1.165, 1.54) is 75.8 Å². The van der Waals surface area contributed by atoms with Gasteiger partial charge < -0.3 is 0 Å². The van der Waals surface area contributed by atoms with Crippen LogP contribution in [0, 0.1) is 0 Å². The maximum atomic E-state index is 5.00. The van der Waals surface area contributed by atoms with Crippen molar-refractivity contribution in [2.24, 2.45) is 0 Å². The van der Waals surface area contributed by atoms with Gasteiger partial charge in [-0.25, -0.2) is 0 Å². The van der Waals surface area contributed by atoms with Crippen LogP contribution >= 0.6 is 11.8 Å². The van der Waals surface area contributed by atoms with Gasteiger partial charge in [-0.2, -0.15) is 0 Å². The number of fused-ring (bicyclic) bond motifs is 8. The Morgan fingerprint density at radius 2 is 1.20 bits per heavy atom. The molecule has 51 heavy (non-hydrogen) atoms. The molecule has 4 heteroatoms. The summed E-state index contributed by atoms with van der Waals surface area (Å²) in [7, 11) is 0. The number of hydrogen-bond donors (Lipinski definition) is 0. The Bertz CT molecular complexity index is 2970. The number of aromatic nitrogens is 3. The van der Waals surface area contributed by atoms with Crippen LogP contribution in [0.25, 0.3) is 88.5 Å². The first-order chi connectivity index (χ1) is 25.3. The summed E-state index contributed by atoms with van der Waals surface area (Å²) in [5, 5.41) is 6.32. The van der Waals surface area contributed by atoms with Gasteiger partial charge in [0.15, 0.2) is 0 Å². The lowest BCUT2D eigenvalue weighted by atomic mass is 9.99. The average molecular weight is 668 g/mol. The predicted octanol–water partition coefficient (Wildman–Crippen LogP) is 12.7. The fraction of sp³-hybridized carbons (Fsp3) is 0. The van der Waals surface area contributed by atoms with Crippen LogP contribution in [-0.4, -0.2) is 14.1 Å². The van der Waals surface area contributed by atoms with E-state index in [4.69, 9.17) is 4.98 Å². The minimum Gasteiger partial charge on any atom is -0.295 e. The van der Waals surface area contributed by atoms with Crippen LogP contribution in [0.1, 0.15) is 0 Å². The predicted molar refractivity (Wildman–Crippen MR) is 213 cm³/mol. The molecule has 4 heterocycles. The second-order valence-corrected chi connectivity index (χ2v) is 14.3. The minimum atomic E-state index is 0.968. The monoisotopic (exact) mass is 667 g/mol. The summed E-state index contributed by atoms with van der Waals surface area (Å²) in [5.41, 5.74) is 12.9. The molecule has 0 unspecified atom stereocenters. The van der Waals surface area contributed by atoms with Gasteiger partial charge >= 0.3 is 0 Å². The highest BCUT2D eigenvalue weighted by molar-refractivity contribution is 7.99. The molecule has 0 bridgehead atoms. The number of pyridine rings is 1. The van der Waals surface area contributed by atoms with Gasteiger partial charge in [-0.15, -0.1) is 0 Å². The summed E-state index contributed by atoms with van der Waals surface area (Å²) in [6, 6.07) is 61.3. The fourth-order valence-electron chi connectivity index (χ4n) is 8.13. The summed E-state index contributed by atoms with van der Waals surface area (Å²) in [6.45, 7) is 0. The maximum absolute atomic E-state index is 5.00. The lowest BCUT2D eigenvalue weighted by Gasteiger charge is -2.22. The van der Waals surface area contributed by atoms with E-state index < -0.39 is 0 Å². The summed E-state index contributed by atoms with van der Waals surface area (Å²) < 4.78 is 4.97. The number of rotatable bonds is 4. The van der Waals surface area contributed by atoms with Crippen LogP contribution in [0.2, 0.25) is 0 Å². The first-order valence-electron chi connectivity index (χ1n) is 17.3. The zero-order valence-electron chi connectivity index (χ0n) is 27.5. The van der Waals surface area contributed by atoms with Crippen LogP contribution in [-0.2, 0) is 0 Å². The van der Waals surface area contributed by atoms with Crippen molar-refractivity contribution >= 4 is 55.4 Å². The molecule has 0 radical (unpaired) electrons. The van der Waals surface area contributed by atoms with Crippen LogP contribution in [0.5, 0.6) is 0 Å². The van der Waals surface area contributed by atoms with Crippen LogP contribution in [0.3, 0.4) is 0 Å². The van der Waals surface area contributed by atoms with E-state index in [0.29, 0.717) is 0 Å². The molecule has 0 saturated heterocycles. The van der Waals surface area contributed by atoms with Crippen molar-refractivity contribution in [3.8, 4) is 44.9 Å². The van der Waals surface area contributed by atoms with Gasteiger partial charge in [0.2, 0.25) is 0 Å². The Kier molecular flexibility index (Phi) is 6.18. The van der Waals surface area contributed by atoms with E-state index >= 15 is 0 Å². The Hall–Kier alpha value is -6.36. The molecule has 1 aliphatic heterocycles. The van der Waals surface area contributed by atoms with Crippen molar-refractivity contribution < 1.29 is 0 Å². The Labute approximate surface area is 299 Å². The van der Waals surface area contributed by atoms with Gasteiger partial charge in [0.05, 0.1) is 22.4 Å². The highest BCUT2D eigenvalue weighted by Crippen LogP contribution is 2.51. The molecule has 0 amide bonds. The number of para-hydroxylation sites is 2. The Morgan fingerprint density at radius 1 is 0.471 bits per heavy atom. The highest BCUT2D eigenvalue weighted by atomic mass is 32.2. The third-order valence-corrected chi connectivity index (χ3v) is 11.4. The number of benzene rings is 7. The van der Waals surface area contributed by atoms with Crippen LogP contribution < -0.4 is 0 Å². The second-order valence-electron chi connectivity index (χ2n) is 13.2. The number of hydrogen-bond acceptors (Lipinski definition) is 2. The van der Waals surface area contributed by atoms with Crippen molar-refractivity contribution in [2.45, 2.75) is 9.79 Å². The minimum absolute atomic E-state index is 0.968. The molecule has 11 rings (SSSR count). The van der Waals surface area contributed by atoms with Gasteiger partial charge in [0.1, 0.15) is 5.65 Å². The molecule has 10 aromatic rings. The molecular weight excluding hydrogens is 639 g/mol. The molecule has 0 saturated carbocycles. The van der Waals surface area contributed by atoms with Gasteiger partial charge in [0.25, 0.3) is 0 Å². The summed E-state index contributed by atoms with van der Waals surface area (Å²) in [6.07, 6.45) is 2.01. The third-order valence-electron chi connectivity index (χ3n) is 10.4. The van der Waals surface area contributed by atoms with Crippen molar-refractivity contribution in [3.05, 3.63) is 176 Å². The standard InChI is InChI=1S/C47H29N3S/c1-3-12-31(13-4-1)37-20-10-22-41-44(37)45-38-21-11-23-42-46(38)50(47(45)49(41)34-16-5-2-6-17-34)40-27-25-32(28-43(40)51-42)39-26-24-33(29-48-39)36-19-9-15-30-14-7-8-18-35(30)36/h1-29H. The van der Waals surface area contributed by atoms with Crippen molar-refractivity contribution in [3.63, 3.8) is 0 Å². The van der Waals surface area contributed by atoms with Gasteiger partial charge in [0, 0.05) is 49.0 Å². The quantitative estimate of drug-likeness (QED) is 0.186. The Morgan fingerprint density at radius 3 is 2.06 bits per heavy atom. The fourth-order valence-corrected chi connectivity index (χ4v) is 9.26. The highest BCUT2D eigenvalue weighted by Gasteiger charge is 2.29. The molecular formula is C47H29N3S. The largest absolute Gasteiger partial charge is 0.295 e. The molecule has 0 spiro atoms. The zero-order valence-corrected chi connectivity index (χ0v) is 28.3. The van der Waals surface area contributed by atoms with E-state index in [2.05, 4.69) is 179 Å². The molecule has 238 valence electrons. The third kappa shape index (κ3) is 4.24. The topological polar surface area (TPSA) is 22.8 Å². The lowest BCUT2D eigenvalue weighted by molar-refractivity contribution is 1.03. The summed E-state index contributed by atoms with van der Waals surface area (Å²) >= 11 is 1.85. The van der Waals surface area contributed by atoms with Crippen molar-refractivity contribution in [1.82, 2.24) is 14.1 Å². The van der Waals surface area contributed by atoms with Crippen molar-refractivity contribution in [1.29, 1.82) is 0 Å². The SMILES string of the molecule is c1ccc(-c2cccc3c2c2c4cccc5c4n(c2n3-c2ccccc2)-c2ccc(-c3ccc(-c4cccc6ccccc46)cn3)cc2S5)cc1. The van der Waals surface area contributed by atoms with E-state index in [0.717, 1.165) is 22.5 Å². The lowest BCUT2D eigenvalue weighted by Crippen LogP contribution is -2.06. The first-order valence-corrected chi connectivity index (χ1v) is 18.1. The van der Waals surface area contributed by atoms with Gasteiger partial charge in [-0.3, -0.25) is 14.1 Å². The molecule has 0 N–H and O–H groups in total. The molecule has 3 aromatic heterocycles. The second kappa shape index (κ2) is 11.1. The van der Waals surface area contributed by atoms with E-state index in [-0.39, 0.29) is 0 Å². The molecule has 0 fully saturated rings. The van der Waals surface area contributed by atoms with E-state index in [1.807, 2.05) is 18.0 Å². The Balaban J connectivity index is 1.13. The molecule has 0 aliphatic carbocycles. The molecule has 0 atom stereocenters. The maximum Gasteiger partial charge on any atom is 0.131 e. The molecule has 7 aromatic carbocycles. The van der Waals surface area contributed by atoms with Gasteiger partial charge in [-0.05, 0) is 69.9 Å². The summed E-state index contributed by atoms with van der Waals surface area (Å²) in [4.78, 5) is 7.49. The first kappa shape index (κ1) is 28.5. The van der Waals surface area contributed by atoms with Crippen molar-refractivity contribution in [2.75, 3.05) is 0 Å². The smallest absolute Gasteiger partial charge is 0.131 e. The van der Waals surface area contributed by atoms with Crippen LogP contribution in [0.15, 0.2) is 186 Å². The zero-order chi connectivity index (χ0) is 33.5. The summed E-state index contributed by atoms with van der Waals surface area (Å²) in [5.74, 6) is 0. The molecule has 1 aliphatic rings.